The summed E-state index contributed by atoms with van der Waals surface area (Å²) in [6.07, 6.45) is 0. The van der Waals surface area contributed by atoms with Crippen molar-refractivity contribution in [2.24, 2.45) is 0 Å². The third-order valence-corrected chi connectivity index (χ3v) is 10.3. The zero-order chi connectivity index (χ0) is 35.8. The van der Waals surface area contributed by atoms with Gasteiger partial charge in [0.2, 0.25) is 0 Å². The Labute approximate surface area is 313 Å². The van der Waals surface area contributed by atoms with E-state index in [0.29, 0.717) is 17.5 Å². The molecule has 0 saturated heterocycles. The molecule has 0 aliphatic rings. The zero-order valence-corrected chi connectivity index (χ0v) is 29.4. The maximum Gasteiger partial charge on any atom is 0.164 e. The second kappa shape index (κ2) is 13.4. The summed E-state index contributed by atoms with van der Waals surface area (Å²) in [7, 11) is 0. The van der Waals surface area contributed by atoms with E-state index in [9.17, 15) is 0 Å². The summed E-state index contributed by atoms with van der Waals surface area (Å²) >= 11 is 0. The molecular weight excluding hydrogens is 655 g/mol. The minimum atomic E-state index is 0.628. The van der Waals surface area contributed by atoms with Crippen molar-refractivity contribution >= 4 is 32.3 Å². The number of hydrogen-bond acceptors (Lipinski definition) is 3. The molecule has 0 aliphatic heterocycles. The van der Waals surface area contributed by atoms with Gasteiger partial charge in [-0.25, -0.2) is 15.0 Å². The van der Waals surface area contributed by atoms with Crippen molar-refractivity contribution in [1.82, 2.24) is 15.0 Å². The van der Waals surface area contributed by atoms with Gasteiger partial charge in [0.25, 0.3) is 0 Å². The van der Waals surface area contributed by atoms with Gasteiger partial charge in [-0.15, -0.1) is 0 Å². The number of rotatable bonds is 6. The predicted molar refractivity (Wildman–Crippen MR) is 225 cm³/mol. The lowest BCUT2D eigenvalue weighted by Gasteiger charge is -2.16. The quantitative estimate of drug-likeness (QED) is 0.175. The third kappa shape index (κ3) is 5.69. The van der Waals surface area contributed by atoms with Gasteiger partial charge in [0.15, 0.2) is 17.5 Å². The van der Waals surface area contributed by atoms with Crippen LogP contribution >= 0.6 is 0 Å². The Hall–Kier alpha value is -7.23. The second-order valence-electron chi connectivity index (χ2n) is 13.6. The van der Waals surface area contributed by atoms with Crippen molar-refractivity contribution in [2.45, 2.75) is 0 Å². The Balaban J connectivity index is 1.18. The lowest BCUT2D eigenvalue weighted by Crippen LogP contribution is -2.01. The van der Waals surface area contributed by atoms with E-state index < -0.39 is 0 Å². The van der Waals surface area contributed by atoms with Crippen LogP contribution in [0.3, 0.4) is 0 Å². The molecule has 3 nitrogen and oxygen atoms in total. The summed E-state index contributed by atoms with van der Waals surface area (Å²) in [4.78, 5) is 15.7. The van der Waals surface area contributed by atoms with Gasteiger partial charge in [0, 0.05) is 16.7 Å². The molecule has 0 fully saturated rings. The minimum absolute atomic E-state index is 0.628. The van der Waals surface area contributed by atoms with E-state index in [4.69, 9.17) is 15.0 Å². The van der Waals surface area contributed by atoms with Crippen LogP contribution in [0.2, 0.25) is 0 Å². The lowest BCUT2D eigenvalue weighted by molar-refractivity contribution is 1.07. The molecule has 9 aromatic carbocycles. The van der Waals surface area contributed by atoms with Gasteiger partial charge in [0.1, 0.15) is 0 Å². The Kier molecular flexibility index (Phi) is 7.81. The smallest absolute Gasteiger partial charge is 0.164 e. The summed E-state index contributed by atoms with van der Waals surface area (Å²) in [5.41, 5.74) is 9.75. The number of benzene rings is 9. The van der Waals surface area contributed by atoms with Crippen LogP contribution in [0.25, 0.3) is 99.9 Å². The molecule has 10 rings (SSSR count). The Morgan fingerprint density at radius 3 is 1.39 bits per heavy atom. The fourth-order valence-electron chi connectivity index (χ4n) is 7.70. The maximum absolute atomic E-state index is 5.30. The molecule has 0 N–H and O–H groups in total. The van der Waals surface area contributed by atoms with E-state index in [-0.39, 0.29) is 0 Å². The fourth-order valence-corrected chi connectivity index (χ4v) is 7.70. The van der Waals surface area contributed by atoms with Crippen LogP contribution in [0, 0.1) is 0 Å². The molecule has 1 heterocycles. The molecule has 252 valence electrons. The molecule has 0 aliphatic carbocycles. The van der Waals surface area contributed by atoms with Gasteiger partial charge in [0.05, 0.1) is 0 Å². The van der Waals surface area contributed by atoms with Crippen molar-refractivity contribution in [1.29, 1.82) is 0 Å². The van der Waals surface area contributed by atoms with Gasteiger partial charge in [-0.1, -0.05) is 182 Å². The normalized spacial score (nSPS) is 11.3. The van der Waals surface area contributed by atoms with Crippen LogP contribution in [-0.2, 0) is 0 Å². The first-order valence-electron chi connectivity index (χ1n) is 18.3. The highest BCUT2D eigenvalue weighted by molar-refractivity contribution is 6.06. The van der Waals surface area contributed by atoms with Crippen molar-refractivity contribution in [3.05, 3.63) is 200 Å². The topological polar surface area (TPSA) is 38.7 Å². The average Bonchev–Trinajstić information content (AvgIpc) is 3.26. The Morgan fingerprint density at radius 2 is 0.685 bits per heavy atom. The summed E-state index contributed by atoms with van der Waals surface area (Å²) in [6, 6.07) is 70.6. The first-order valence-corrected chi connectivity index (χ1v) is 18.3. The average molecular weight is 688 g/mol. The summed E-state index contributed by atoms with van der Waals surface area (Å²) in [5, 5.41) is 7.10. The van der Waals surface area contributed by atoms with Crippen LogP contribution in [0.4, 0.5) is 0 Å². The number of aromatic nitrogens is 3. The van der Waals surface area contributed by atoms with E-state index >= 15 is 0 Å². The molecule has 0 amide bonds. The molecule has 0 radical (unpaired) electrons. The molecule has 1 aromatic heterocycles. The van der Waals surface area contributed by atoms with E-state index in [0.717, 1.165) is 44.3 Å². The molecule has 54 heavy (non-hydrogen) atoms. The van der Waals surface area contributed by atoms with Crippen LogP contribution in [0.15, 0.2) is 200 Å². The third-order valence-electron chi connectivity index (χ3n) is 10.3. The SMILES string of the molecule is c1ccc(-c2nc(-c3cccc(-c4ccc(-c5ccccc5)c5ccccc45)c3)nc(-c3cc4ccccc4cc3-c3cccc4ccccc34)n2)cc1. The summed E-state index contributed by atoms with van der Waals surface area (Å²) in [6.45, 7) is 0. The molecule has 0 saturated carbocycles. The van der Waals surface area contributed by atoms with Crippen molar-refractivity contribution < 1.29 is 0 Å². The van der Waals surface area contributed by atoms with Gasteiger partial charge >= 0.3 is 0 Å². The maximum atomic E-state index is 5.30. The summed E-state index contributed by atoms with van der Waals surface area (Å²) in [5.74, 6) is 1.90. The van der Waals surface area contributed by atoms with Gasteiger partial charge in [-0.05, 0) is 83.9 Å². The van der Waals surface area contributed by atoms with E-state index in [1.54, 1.807) is 0 Å². The van der Waals surface area contributed by atoms with Crippen LogP contribution in [0.1, 0.15) is 0 Å². The lowest BCUT2D eigenvalue weighted by atomic mass is 9.91. The van der Waals surface area contributed by atoms with Crippen molar-refractivity contribution in [3.63, 3.8) is 0 Å². The minimum Gasteiger partial charge on any atom is -0.208 e. The van der Waals surface area contributed by atoms with Gasteiger partial charge < -0.3 is 0 Å². The monoisotopic (exact) mass is 687 g/mol. The highest BCUT2D eigenvalue weighted by Gasteiger charge is 2.19. The van der Waals surface area contributed by atoms with Crippen molar-refractivity contribution in [2.75, 3.05) is 0 Å². The Bertz CT molecular complexity index is 2980. The molecule has 0 atom stereocenters. The summed E-state index contributed by atoms with van der Waals surface area (Å²) < 4.78 is 0. The molecule has 0 bridgehead atoms. The van der Waals surface area contributed by atoms with E-state index in [1.165, 1.54) is 38.1 Å². The first-order chi connectivity index (χ1) is 26.8. The van der Waals surface area contributed by atoms with Crippen LogP contribution in [-0.4, -0.2) is 15.0 Å². The van der Waals surface area contributed by atoms with Gasteiger partial charge in [-0.3, -0.25) is 0 Å². The molecular formula is C51H33N3. The molecule has 0 spiro atoms. The molecule has 10 aromatic rings. The largest absolute Gasteiger partial charge is 0.208 e. The highest BCUT2D eigenvalue weighted by atomic mass is 15.0. The van der Waals surface area contributed by atoms with E-state index in [1.807, 2.05) is 18.2 Å². The number of nitrogens with zero attached hydrogens (tertiary/aromatic N) is 3. The zero-order valence-electron chi connectivity index (χ0n) is 29.4. The molecule has 3 heteroatoms. The first kappa shape index (κ1) is 31.5. The van der Waals surface area contributed by atoms with E-state index in [2.05, 4.69) is 182 Å². The highest BCUT2D eigenvalue weighted by Crippen LogP contribution is 2.40. The predicted octanol–water partition coefficient (Wildman–Crippen LogP) is 13.3. The second-order valence-corrected chi connectivity index (χ2v) is 13.6. The Morgan fingerprint density at radius 1 is 0.222 bits per heavy atom. The number of fused-ring (bicyclic) bond motifs is 3. The number of hydrogen-bond donors (Lipinski definition) is 0. The van der Waals surface area contributed by atoms with Crippen LogP contribution < -0.4 is 0 Å². The van der Waals surface area contributed by atoms with Crippen molar-refractivity contribution in [3.8, 4) is 67.5 Å². The fraction of sp³-hybridized carbons (Fsp3) is 0. The molecule has 0 unspecified atom stereocenters. The van der Waals surface area contributed by atoms with Gasteiger partial charge in [-0.2, -0.15) is 0 Å². The van der Waals surface area contributed by atoms with Crippen LogP contribution in [0.5, 0.6) is 0 Å². The standard InChI is InChI=1S/C51H33N3/c1-3-15-34(16-4-1)42-29-30-43(45-27-12-11-26-44(42)45)39-23-13-24-40(31-39)50-52-49(36-18-5-2-6-19-36)53-51(54-50)48-33-38-21-8-7-20-37(38)32-47(48)46-28-14-22-35-17-9-10-25-41(35)46/h1-33H.